The monoisotopic (exact) mass is 285 g/mol. The average molecular weight is 285 g/mol. The van der Waals surface area contributed by atoms with Crippen LogP contribution in [0.5, 0.6) is 5.75 Å². The quantitative estimate of drug-likeness (QED) is 0.859. The predicted molar refractivity (Wildman–Crippen MR) is 83.5 cm³/mol. The van der Waals surface area contributed by atoms with E-state index in [-0.39, 0.29) is 5.60 Å². The van der Waals surface area contributed by atoms with Crippen molar-refractivity contribution < 1.29 is 4.74 Å². The third kappa shape index (κ3) is 3.45. The standard InChI is InChI=1S/C17H23N3O/c1-13-10-19-20(12-13)7-6-18-11-14-4-5-16-15(8-14)9-17(2,3)21-16/h4-5,8,10,12,18H,6-7,9,11H2,1-3H3. The Hall–Kier alpha value is -1.81. The van der Waals surface area contributed by atoms with Gasteiger partial charge in [0.15, 0.2) is 0 Å². The molecular weight excluding hydrogens is 262 g/mol. The third-order valence-electron chi connectivity index (χ3n) is 3.74. The molecule has 0 atom stereocenters. The van der Waals surface area contributed by atoms with Gasteiger partial charge < -0.3 is 10.1 Å². The lowest BCUT2D eigenvalue weighted by atomic mass is 10.0. The fourth-order valence-corrected chi connectivity index (χ4v) is 2.79. The molecule has 4 heteroatoms. The van der Waals surface area contributed by atoms with Gasteiger partial charge in [0, 0.05) is 25.7 Å². The van der Waals surface area contributed by atoms with Crippen LogP contribution in [0.4, 0.5) is 0 Å². The SMILES string of the molecule is Cc1cnn(CCNCc2ccc3c(c2)CC(C)(C)O3)c1. The molecule has 112 valence electrons. The minimum absolute atomic E-state index is 0.0632. The number of hydrogen-bond donors (Lipinski definition) is 1. The zero-order valence-electron chi connectivity index (χ0n) is 13.0. The largest absolute Gasteiger partial charge is 0.487 e. The minimum Gasteiger partial charge on any atom is -0.487 e. The van der Waals surface area contributed by atoms with Crippen molar-refractivity contribution in [2.24, 2.45) is 0 Å². The van der Waals surface area contributed by atoms with Gasteiger partial charge in [-0.1, -0.05) is 12.1 Å². The summed E-state index contributed by atoms with van der Waals surface area (Å²) in [5, 5.41) is 7.75. The van der Waals surface area contributed by atoms with E-state index in [9.17, 15) is 0 Å². The molecule has 0 saturated heterocycles. The lowest BCUT2D eigenvalue weighted by molar-refractivity contribution is 0.138. The van der Waals surface area contributed by atoms with E-state index in [1.165, 1.54) is 16.7 Å². The molecule has 0 spiro atoms. The minimum atomic E-state index is -0.0632. The third-order valence-corrected chi connectivity index (χ3v) is 3.74. The highest BCUT2D eigenvalue weighted by Gasteiger charge is 2.29. The van der Waals surface area contributed by atoms with Gasteiger partial charge in [0.05, 0.1) is 12.7 Å². The van der Waals surface area contributed by atoms with Gasteiger partial charge in [-0.25, -0.2) is 0 Å². The summed E-state index contributed by atoms with van der Waals surface area (Å²) in [5.41, 5.74) is 3.77. The highest BCUT2D eigenvalue weighted by atomic mass is 16.5. The first kappa shape index (κ1) is 14.1. The maximum absolute atomic E-state index is 5.90. The normalized spacial score (nSPS) is 15.8. The van der Waals surface area contributed by atoms with Crippen molar-refractivity contribution in [2.75, 3.05) is 6.54 Å². The van der Waals surface area contributed by atoms with Gasteiger partial charge in [-0.15, -0.1) is 0 Å². The van der Waals surface area contributed by atoms with E-state index in [0.717, 1.165) is 31.8 Å². The number of benzene rings is 1. The molecule has 0 unspecified atom stereocenters. The first-order chi connectivity index (χ1) is 10.0. The summed E-state index contributed by atoms with van der Waals surface area (Å²) in [4.78, 5) is 0. The molecule has 1 aromatic heterocycles. The zero-order chi connectivity index (χ0) is 14.9. The molecule has 0 radical (unpaired) electrons. The second kappa shape index (κ2) is 5.53. The number of fused-ring (bicyclic) bond motifs is 1. The molecular formula is C17H23N3O. The topological polar surface area (TPSA) is 39.1 Å². The van der Waals surface area contributed by atoms with Crippen molar-refractivity contribution >= 4 is 0 Å². The van der Waals surface area contributed by atoms with Crippen LogP contribution in [0.1, 0.15) is 30.5 Å². The van der Waals surface area contributed by atoms with Crippen LogP contribution in [0.25, 0.3) is 0 Å². The fraction of sp³-hybridized carbons (Fsp3) is 0.471. The average Bonchev–Trinajstić information content (AvgIpc) is 2.95. The highest BCUT2D eigenvalue weighted by Crippen LogP contribution is 2.35. The Kier molecular flexibility index (Phi) is 3.72. The highest BCUT2D eigenvalue weighted by molar-refractivity contribution is 5.41. The Morgan fingerprint density at radius 3 is 3.00 bits per heavy atom. The summed E-state index contributed by atoms with van der Waals surface area (Å²) in [6.07, 6.45) is 4.95. The van der Waals surface area contributed by atoms with Crippen molar-refractivity contribution in [3.8, 4) is 5.75 Å². The van der Waals surface area contributed by atoms with E-state index in [2.05, 4.69) is 55.6 Å². The van der Waals surface area contributed by atoms with Gasteiger partial charge >= 0.3 is 0 Å². The molecule has 21 heavy (non-hydrogen) atoms. The molecule has 0 aliphatic carbocycles. The Bertz CT molecular complexity index is 631. The summed E-state index contributed by atoms with van der Waals surface area (Å²) in [6.45, 7) is 9.03. The van der Waals surface area contributed by atoms with Crippen LogP contribution in [0.15, 0.2) is 30.6 Å². The van der Waals surface area contributed by atoms with Crippen LogP contribution in [0.2, 0.25) is 0 Å². The number of ether oxygens (including phenoxy) is 1. The summed E-state index contributed by atoms with van der Waals surface area (Å²) in [5.74, 6) is 1.04. The Labute approximate surface area is 126 Å². The molecule has 4 nitrogen and oxygen atoms in total. The number of aryl methyl sites for hydroxylation is 1. The molecule has 1 N–H and O–H groups in total. The molecule has 1 aliphatic heterocycles. The number of rotatable bonds is 5. The summed E-state index contributed by atoms with van der Waals surface area (Å²) >= 11 is 0. The van der Waals surface area contributed by atoms with Gasteiger partial charge in [0.1, 0.15) is 11.4 Å². The van der Waals surface area contributed by atoms with Crippen LogP contribution in [-0.2, 0) is 19.5 Å². The number of hydrogen-bond acceptors (Lipinski definition) is 3. The first-order valence-electron chi connectivity index (χ1n) is 7.52. The fourth-order valence-electron chi connectivity index (χ4n) is 2.79. The Morgan fingerprint density at radius 1 is 1.38 bits per heavy atom. The van der Waals surface area contributed by atoms with Crippen LogP contribution in [0.3, 0.4) is 0 Å². The van der Waals surface area contributed by atoms with Crippen molar-refractivity contribution in [1.29, 1.82) is 0 Å². The summed E-state index contributed by atoms with van der Waals surface area (Å²) in [6, 6.07) is 6.50. The van der Waals surface area contributed by atoms with Gasteiger partial charge in [-0.3, -0.25) is 4.68 Å². The molecule has 2 aromatic rings. The second-order valence-corrected chi connectivity index (χ2v) is 6.44. The van der Waals surface area contributed by atoms with E-state index in [1.54, 1.807) is 0 Å². The Morgan fingerprint density at radius 2 is 2.24 bits per heavy atom. The molecule has 2 heterocycles. The molecule has 0 fully saturated rings. The van der Waals surface area contributed by atoms with Crippen molar-refractivity contribution in [1.82, 2.24) is 15.1 Å². The Balaban J connectivity index is 1.50. The first-order valence-corrected chi connectivity index (χ1v) is 7.52. The maximum atomic E-state index is 5.90. The van der Waals surface area contributed by atoms with Gasteiger partial charge in [0.2, 0.25) is 0 Å². The van der Waals surface area contributed by atoms with E-state index in [0.29, 0.717) is 0 Å². The van der Waals surface area contributed by atoms with Gasteiger partial charge in [-0.05, 0) is 43.5 Å². The smallest absolute Gasteiger partial charge is 0.123 e. The van der Waals surface area contributed by atoms with Gasteiger partial charge in [0.25, 0.3) is 0 Å². The molecule has 1 aromatic carbocycles. The van der Waals surface area contributed by atoms with Crippen LogP contribution >= 0.6 is 0 Å². The maximum Gasteiger partial charge on any atom is 0.123 e. The zero-order valence-corrected chi connectivity index (χ0v) is 13.0. The summed E-state index contributed by atoms with van der Waals surface area (Å²) in [7, 11) is 0. The van der Waals surface area contributed by atoms with Crippen LogP contribution in [0, 0.1) is 6.92 Å². The van der Waals surface area contributed by atoms with E-state index in [4.69, 9.17) is 4.74 Å². The van der Waals surface area contributed by atoms with E-state index in [1.807, 2.05) is 10.9 Å². The number of aromatic nitrogens is 2. The lowest BCUT2D eigenvalue weighted by Crippen LogP contribution is -2.24. The van der Waals surface area contributed by atoms with E-state index >= 15 is 0 Å². The second-order valence-electron chi connectivity index (χ2n) is 6.44. The number of nitrogens with one attached hydrogen (secondary N) is 1. The van der Waals surface area contributed by atoms with Crippen molar-refractivity contribution in [3.63, 3.8) is 0 Å². The van der Waals surface area contributed by atoms with Crippen molar-refractivity contribution in [2.45, 2.75) is 45.9 Å². The molecule has 0 saturated carbocycles. The molecule has 3 rings (SSSR count). The lowest BCUT2D eigenvalue weighted by Gasteiger charge is -2.16. The predicted octanol–water partition coefficient (Wildman–Crippen LogP) is 2.69. The van der Waals surface area contributed by atoms with Crippen LogP contribution < -0.4 is 10.1 Å². The molecule has 1 aliphatic rings. The van der Waals surface area contributed by atoms with Gasteiger partial charge in [-0.2, -0.15) is 5.10 Å². The number of nitrogens with zero attached hydrogens (tertiary/aromatic N) is 2. The van der Waals surface area contributed by atoms with Crippen molar-refractivity contribution in [3.05, 3.63) is 47.3 Å². The van der Waals surface area contributed by atoms with Crippen LogP contribution in [-0.4, -0.2) is 21.9 Å². The molecule has 0 amide bonds. The summed E-state index contributed by atoms with van der Waals surface area (Å²) < 4.78 is 7.88. The van der Waals surface area contributed by atoms with E-state index < -0.39 is 0 Å². The molecule has 0 bridgehead atoms.